The van der Waals surface area contributed by atoms with Crippen molar-refractivity contribution in [3.63, 3.8) is 0 Å². The Morgan fingerprint density at radius 3 is 1.00 bits per heavy atom. The molecule has 15 heavy (non-hydrogen) atoms. The van der Waals surface area contributed by atoms with Crippen LogP contribution in [0.4, 0.5) is 0 Å². The summed E-state index contributed by atoms with van der Waals surface area (Å²) in [6.45, 7) is -1.45. The van der Waals surface area contributed by atoms with Crippen LogP contribution in [0.2, 0.25) is 0 Å². The molecule has 9 heteroatoms. The van der Waals surface area contributed by atoms with E-state index in [0.717, 1.165) is 0 Å². The quantitative estimate of drug-likeness (QED) is 0.278. The molecule has 0 saturated carbocycles. The molecule has 0 rings (SSSR count). The van der Waals surface area contributed by atoms with Crippen LogP contribution >= 0.6 is 0 Å². The van der Waals surface area contributed by atoms with Crippen LogP contribution in [0.25, 0.3) is 0 Å². The Labute approximate surface area is 116 Å². The first-order valence-corrected chi connectivity index (χ1v) is 3.48. The van der Waals surface area contributed by atoms with Crippen LogP contribution in [0, 0.1) is 0 Å². The topological polar surface area (TPSA) is 121 Å². The largest absolute Gasteiger partial charge is 2.00 e. The molecule has 0 aromatic carbocycles. The van der Waals surface area contributed by atoms with Gasteiger partial charge in [0.05, 0.1) is 13.2 Å². The van der Waals surface area contributed by atoms with E-state index in [4.69, 9.17) is 30.6 Å². The van der Waals surface area contributed by atoms with Crippen molar-refractivity contribution < 1.29 is 55.5 Å². The van der Waals surface area contributed by atoms with Gasteiger partial charge in [0, 0.05) is 0 Å². The van der Waals surface area contributed by atoms with Crippen molar-refractivity contribution in [3.8, 4) is 0 Å². The van der Waals surface area contributed by atoms with Crippen LogP contribution in [0.3, 0.4) is 0 Å². The fourth-order valence-electron chi connectivity index (χ4n) is 0.671. The molecule has 0 aliphatic heterocycles. The van der Waals surface area contributed by atoms with E-state index in [1.807, 2.05) is 0 Å². The molecular formula is C6H14Cl2MgO6. The Hall–Kier alpha value is 1.11. The van der Waals surface area contributed by atoms with Gasteiger partial charge in [0.15, 0.2) is 0 Å². The van der Waals surface area contributed by atoms with Gasteiger partial charge in [-0.05, 0) is 0 Å². The standard InChI is InChI=1S/C6H14O6.2ClH.Mg/c7-1-3(9)5(11)6(12)4(10)2-8;;;/h3-12H,1-2H2;2*1H;/q;;;+2/p-2. The fraction of sp³-hybridized carbons (Fsp3) is 1.00. The second kappa shape index (κ2) is 13.2. The van der Waals surface area contributed by atoms with Gasteiger partial charge >= 0.3 is 23.1 Å². The number of halogens is 2. The molecule has 0 amide bonds. The average molecular weight is 277 g/mol. The molecule has 90 valence electrons. The van der Waals surface area contributed by atoms with E-state index >= 15 is 0 Å². The summed E-state index contributed by atoms with van der Waals surface area (Å²) < 4.78 is 0. The Balaban J connectivity index is -0.000000202. The Kier molecular flexibility index (Phi) is 22.0. The average Bonchev–Trinajstić information content (AvgIpc) is 2.12. The summed E-state index contributed by atoms with van der Waals surface area (Å²) in [4.78, 5) is 0. The van der Waals surface area contributed by atoms with Gasteiger partial charge in [-0.25, -0.2) is 0 Å². The van der Waals surface area contributed by atoms with E-state index in [0.29, 0.717) is 0 Å². The summed E-state index contributed by atoms with van der Waals surface area (Å²) >= 11 is 0. The zero-order valence-corrected chi connectivity index (χ0v) is 10.8. The first-order chi connectivity index (χ1) is 5.54. The van der Waals surface area contributed by atoms with Crippen LogP contribution < -0.4 is 24.8 Å². The van der Waals surface area contributed by atoms with E-state index in [-0.39, 0.29) is 47.9 Å². The molecule has 0 heterocycles. The molecule has 4 unspecified atom stereocenters. The van der Waals surface area contributed by atoms with Crippen molar-refractivity contribution in [2.24, 2.45) is 0 Å². The van der Waals surface area contributed by atoms with Gasteiger partial charge in [-0.2, -0.15) is 0 Å². The minimum Gasteiger partial charge on any atom is -1.00 e. The summed E-state index contributed by atoms with van der Waals surface area (Å²) in [5, 5.41) is 52.2. The second-order valence-electron chi connectivity index (χ2n) is 2.48. The Morgan fingerprint density at radius 1 is 0.667 bits per heavy atom. The summed E-state index contributed by atoms with van der Waals surface area (Å²) in [5.41, 5.74) is 0. The van der Waals surface area contributed by atoms with Crippen LogP contribution in [0.15, 0.2) is 0 Å². The van der Waals surface area contributed by atoms with E-state index in [1.165, 1.54) is 0 Å². The fourth-order valence-corrected chi connectivity index (χ4v) is 0.671. The first kappa shape index (κ1) is 25.1. The SMILES string of the molecule is OCC(O)C(O)C(O)C(O)CO.[Cl-].[Cl-].[Mg+2]. The summed E-state index contributed by atoms with van der Waals surface area (Å²) in [7, 11) is 0. The number of aliphatic hydroxyl groups excluding tert-OH is 6. The van der Waals surface area contributed by atoms with Crippen molar-refractivity contribution in [1.29, 1.82) is 0 Å². The molecule has 0 aliphatic rings. The summed E-state index contributed by atoms with van der Waals surface area (Å²) in [5.74, 6) is 0. The number of hydrogen-bond donors (Lipinski definition) is 6. The zero-order valence-electron chi connectivity index (χ0n) is 7.87. The normalized spacial score (nSPS) is 17.2. The van der Waals surface area contributed by atoms with Crippen molar-refractivity contribution in [1.82, 2.24) is 0 Å². The van der Waals surface area contributed by atoms with Gasteiger partial charge in [-0.1, -0.05) is 0 Å². The third kappa shape index (κ3) is 8.87. The molecule has 0 aromatic heterocycles. The van der Waals surface area contributed by atoms with E-state index < -0.39 is 37.6 Å². The third-order valence-corrected chi connectivity index (χ3v) is 1.51. The molecule has 0 aliphatic carbocycles. The van der Waals surface area contributed by atoms with Crippen molar-refractivity contribution in [2.45, 2.75) is 24.4 Å². The molecule has 0 radical (unpaired) electrons. The van der Waals surface area contributed by atoms with Gasteiger partial charge in [-0.15, -0.1) is 0 Å². The smallest absolute Gasteiger partial charge is 1.00 e. The third-order valence-electron chi connectivity index (χ3n) is 1.51. The molecule has 0 saturated heterocycles. The monoisotopic (exact) mass is 276 g/mol. The van der Waals surface area contributed by atoms with Crippen LogP contribution in [-0.4, -0.2) is 91.3 Å². The van der Waals surface area contributed by atoms with E-state index in [9.17, 15) is 0 Å². The molecule has 0 bridgehead atoms. The van der Waals surface area contributed by atoms with E-state index in [1.54, 1.807) is 0 Å². The van der Waals surface area contributed by atoms with Gasteiger partial charge in [0.25, 0.3) is 0 Å². The molecule has 6 N–H and O–H groups in total. The molecule has 6 nitrogen and oxygen atoms in total. The molecule has 0 spiro atoms. The zero-order chi connectivity index (χ0) is 9.72. The Bertz CT molecular complexity index is 118. The molecule has 0 fully saturated rings. The van der Waals surface area contributed by atoms with Crippen LogP contribution in [0.5, 0.6) is 0 Å². The molecule has 4 atom stereocenters. The van der Waals surface area contributed by atoms with Crippen molar-refractivity contribution in [3.05, 3.63) is 0 Å². The summed E-state index contributed by atoms with van der Waals surface area (Å²) in [6, 6.07) is 0. The first-order valence-electron chi connectivity index (χ1n) is 3.48. The number of hydrogen-bond acceptors (Lipinski definition) is 6. The predicted molar refractivity (Wildman–Crippen MR) is 44.0 cm³/mol. The van der Waals surface area contributed by atoms with E-state index in [2.05, 4.69) is 0 Å². The maximum atomic E-state index is 8.96. The second-order valence-corrected chi connectivity index (χ2v) is 2.48. The minimum atomic E-state index is -1.67. The number of aliphatic hydroxyl groups is 6. The minimum absolute atomic E-state index is 0. The van der Waals surface area contributed by atoms with Crippen molar-refractivity contribution >= 4 is 23.1 Å². The van der Waals surface area contributed by atoms with Gasteiger partial charge in [-0.3, -0.25) is 0 Å². The van der Waals surface area contributed by atoms with Gasteiger partial charge in [0.2, 0.25) is 0 Å². The maximum absolute atomic E-state index is 8.96. The maximum Gasteiger partial charge on any atom is 2.00 e. The summed E-state index contributed by atoms with van der Waals surface area (Å²) in [6.07, 6.45) is -6.39. The number of rotatable bonds is 5. The molecule has 0 aromatic rings. The van der Waals surface area contributed by atoms with Crippen molar-refractivity contribution in [2.75, 3.05) is 13.2 Å². The predicted octanol–water partition coefficient (Wildman–Crippen LogP) is -9.96. The van der Waals surface area contributed by atoms with Gasteiger partial charge < -0.3 is 55.5 Å². The van der Waals surface area contributed by atoms with Crippen LogP contribution in [0.1, 0.15) is 0 Å². The Morgan fingerprint density at radius 2 is 0.867 bits per heavy atom. The molecular weight excluding hydrogens is 263 g/mol. The van der Waals surface area contributed by atoms with Crippen LogP contribution in [-0.2, 0) is 0 Å². The van der Waals surface area contributed by atoms with Gasteiger partial charge in [0.1, 0.15) is 24.4 Å².